The Bertz CT molecular complexity index is 543. The van der Waals surface area contributed by atoms with Gasteiger partial charge in [-0.1, -0.05) is 19.8 Å². The third-order valence-corrected chi connectivity index (χ3v) is 4.57. The predicted molar refractivity (Wildman–Crippen MR) is 75.4 cm³/mol. The first-order chi connectivity index (χ1) is 10.1. The smallest absolute Gasteiger partial charge is 0.241 e. The van der Waals surface area contributed by atoms with Crippen LogP contribution in [0.15, 0.2) is 18.2 Å². The first-order valence-corrected chi connectivity index (χ1v) is 7.65. The van der Waals surface area contributed by atoms with Crippen molar-refractivity contribution in [2.75, 3.05) is 0 Å². The highest BCUT2D eigenvalue weighted by atomic mass is 19.1. The maximum atomic E-state index is 14.1. The molecule has 1 aromatic rings. The van der Waals surface area contributed by atoms with E-state index >= 15 is 0 Å². The molecule has 2 atom stereocenters. The third kappa shape index (κ3) is 2.55. The molecular weight excluding hydrogens is 274 g/mol. The van der Waals surface area contributed by atoms with E-state index < -0.39 is 17.8 Å². The Morgan fingerprint density at radius 3 is 2.62 bits per heavy atom. The van der Waals surface area contributed by atoms with Gasteiger partial charge in [-0.15, -0.1) is 0 Å². The largest absolute Gasteiger partial charge is 0.318 e. The minimum atomic E-state index is -0.597. The Morgan fingerprint density at radius 2 is 2.00 bits per heavy atom. The van der Waals surface area contributed by atoms with Crippen LogP contribution in [-0.4, -0.2) is 22.9 Å². The molecule has 1 saturated carbocycles. The van der Waals surface area contributed by atoms with Crippen LogP contribution in [-0.2, 0) is 4.79 Å². The highest BCUT2D eigenvalue weighted by molar-refractivity contribution is 5.84. The summed E-state index contributed by atoms with van der Waals surface area (Å²) in [5.74, 6) is -1.15. The van der Waals surface area contributed by atoms with Crippen molar-refractivity contribution in [3.8, 4) is 0 Å². The van der Waals surface area contributed by atoms with Gasteiger partial charge in [0.05, 0.1) is 6.04 Å². The molecule has 1 aromatic carbocycles. The number of nitrogens with zero attached hydrogens (tertiary/aromatic N) is 1. The zero-order valence-electron chi connectivity index (χ0n) is 12.1. The number of hydrogen-bond acceptors (Lipinski definition) is 2. The van der Waals surface area contributed by atoms with Crippen molar-refractivity contribution in [3.05, 3.63) is 35.4 Å². The van der Waals surface area contributed by atoms with Crippen LogP contribution in [0.5, 0.6) is 0 Å². The van der Waals surface area contributed by atoms with Gasteiger partial charge < -0.3 is 4.90 Å². The van der Waals surface area contributed by atoms with E-state index in [1.165, 1.54) is 12.1 Å². The Kier molecular flexibility index (Phi) is 3.93. The number of amides is 1. The molecular formula is C16H20F2N2O. The molecule has 0 aromatic heterocycles. The van der Waals surface area contributed by atoms with Crippen LogP contribution in [0.2, 0.25) is 0 Å². The van der Waals surface area contributed by atoms with E-state index in [1.807, 2.05) is 6.92 Å². The predicted octanol–water partition coefficient (Wildman–Crippen LogP) is 3.12. The molecule has 2 fully saturated rings. The first kappa shape index (κ1) is 14.4. The van der Waals surface area contributed by atoms with E-state index in [2.05, 4.69) is 5.32 Å². The molecule has 1 amide bonds. The molecule has 0 bridgehead atoms. The number of hydrogen-bond donors (Lipinski definition) is 1. The maximum absolute atomic E-state index is 14.1. The summed E-state index contributed by atoms with van der Waals surface area (Å²) in [5, 5.41) is 3.21. The van der Waals surface area contributed by atoms with E-state index in [9.17, 15) is 13.6 Å². The van der Waals surface area contributed by atoms with Gasteiger partial charge >= 0.3 is 0 Å². The first-order valence-electron chi connectivity index (χ1n) is 7.65. The molecule has 1 aliphatic heterocycles. The molecule has 3 nitrogen and oxygen atoms in total. The number of carbonyl (C=O) groups is 1. The van der Waals surface area contributed by atoms with Crippen molar-refractivity contribution in [1.82, 2.24) is 10.2 Å². The van der Waals surface area contributed by atoms with Crippen LogP contribution >= 0.6 is 0 Å². The maximum Gasteiger partial charge on any atom is 0.241 e. The summed E-state index contributed by atoms with van der Waals surface area (Å²) in [6.07, 6.45) is 4.31. The number of rotatable bonds is 3. The fourth-order valence-corrected chi connectivity index (χ4v) is 3.48. The molecule has 1 N–H and O–H groups in total. The Hall–Kier alpha value is -1.49. The summed E-state index contributed by atoms with van der Waals surface area (Å²) >= 11 is 0. The summed E-state index contributed by atoms with van der Waals surface area (Å²) in [7, 11) is 0. The summed E-state index contributed by atoms with van der Waals surface area (Å²) in [6, 6.07) is 3.45. The second kappa shape index (κ2) is 5.72. The zero-order valence-corrected chi connectivity index (χ0v) is 12.1. The SMILES string of the molecule is CCC1NC(c2ccc(F)cc2F)N(C2CCCC2)C1=O. The molecule has 3 rings (SSSR count). The van der Waals surface area contributed by atoms with Crippen molar-refractivity contribution in [2.24, 2.45) is 0 Å². The van der Waals surface area contributed by atoms with Crippen LogP contribution in [0.3, 0.4) is 0 Å². The quantitative estimate of drug-likeness (QED) is 0.929. The highest BCUT2D eigenvalue weighted by Gasteiger charge is 2.43. The Morgan fingerprint density at radius 1 is 1.29 bits per heavy atom. The lowest BCUT2D eigenvalue weighted by Gasteiger charge is -2.30. The Balaban J connectivity index is 1.95. The molecule has 0 radical (unpaired) electrons. The molecule has 1 saturated heterocycles. The lowest BCUT2D eigenvalue weighted by molar-refractivity contribution is -0.132. The topological polar surface area (TPSA) is 32.3 Å². The van der Waals surface area contributed by atoms with Crippen LogP contribution in [0, 0.1) is 11.6 Å². The lowest BCUT2D eigenvalue weighted by atomic mass is 10.1. The van der Waals surface area contributed by atoms with Crippen molar-refractivity contribution >= 4 is 5.91 Å². The number of benzene rings is 1. The summed E-state index contributed by atoms with van der Waals surface area (Å²) in [4.78, 5) is 14.3. The van der Waals surface area contributed by atoms with Crippen LogP contribution in [0.4, 0.5) is 8.78 Å². The van der Waals surface area contributed by atoms with Gasteiger partial charge in [0.25, 0.3) is 0 Å². The van der Waals surface area contributed by atoms with E-state index in [1.54, 1.807) is 4.90 Å². The van der Waals surface area contributed by atoms with E-state index in [0.717, 1.165) is 31.7 Å². The molecule has 114 valence electrons. The fourth-order valence-electron chi connectivity index (χ4n) is 3.48. The molecule has 1 heterocycles. The van der Waals surface area contributed by atoms with Crippen molar-refractivity contribution in [1.29, 1.82) is 0 Å². The van der Waals surface area contributed by atoms with Crippen molar-refractivity contribution in [2.45, 2.75) is 57.3 Å². The second-order valence-corrected chi connectivity index (χ2v) is 5.88. The van der Waals surface area contributed by atoms with Gasteiger partial charge in [0.2, 0.25) is 5.91 Å². The van der Waals surface area contributed by atoms with Crippen LogP contribution in [0.25, 0.3) is 0 Å². The average molecular weight is 294 g/mol. The van der Waals surface area contributed by atoms with Gasteiger partial charge in [-0.3, -0.25) is 10.1 Å². The number of halogens is 2. The van der Waals surface area contributed by atoms with Crippen LogP contribution in [0.1, 0.15) is 50.8 Å². The van der Waals surface area contributed by atoms with Gasteiger partial charge in [-0.25, -0.2) is 8.78 Å². The van der Waals surface area contributed by atoms with E-state index in [4.69, 9.17) is 0 Å². The van der Waals surface area contributed by atoms with Gasteiger partial charge in [-0.2, -0.15) is 0 Å². The minimum Gasteiger partial charge on any atom is -0.318 e. The summed E-state index contributed by atoms with van der Waals surface area (Å²) in [6.45, 7) is 1.94. The molecule has 5 heteroatoms. The summed E-state index contributed by atoms with van der Waals surface area (Å²) < 4.78 is 27.2. The number of nitrogens with one attached hydrogen (secondary N) is 1. The van der Waals surface area contributed by atoms with Crippen molar-refractivity contribution < 1.29 is 13.6 Å². The molecule has 0 spiro atoms. The van der Waals surface area contributed by atoms with Gasteiger partial charge in [0.1, 0.15) is 17.8 Å². The minimum absolute atomic E-state index is 0.0399. The molecule has 2 aliphatic rings. The standard InChI is InChI=1S/C16H20F2N2O/c1-2-14-16(21)20(11-5-3-4-6-11)15(19-14)12-8-7-10(17)9-13(12)18/h7-9,11,14-15,19H,2-6H2,1H3. The van der Waals surface area contributed by atoms with E-state index in [-0.39, 0.29) is 18.0 Å². The fraction of sp³-hybridized carbons (Fsp3) is 0.562. The van der Waals surface area contributed by atoms with Gasteiger partial charge in [0, 0.05) is 17.7 Å². The highest BCUT2D eigenvalue weighted by Crippen LogP contribution is 2.35. The lowest BCUT2D eigenvalue weighted by Crippen LogP contribution is -2.38. The van der Waals surface area contributed by atoms with Crippen molar-refractivity contribution in [3.63, 3.8) is 0 Å². The molecule has 21 heavy (non-hydrogen) atoms. The molecule has 1 aliphatic carbocycles. The summed E-state index contributed by atoms with van der Waals surface area (Å²) in [5.41, 5.74) is 0.354. The van der Waals surface area contributed by atoms with Gasteiger partial charge in [0.15, 0.2) is 0 Å². The van der Waals surface area contributed by atoms with Gasteiger partial charge in [-0.05, 0) is 31.4 Å². The number of carbonyl (C=O) groups excluding carboxylic acids is 1. The third-order valence-electron chi connectivity index (χ3n) is 4.57. The normalized spacial score (nSPS) is 26.8. The molecule has 2 unspecified atom stereocenters. The zero-order chi connectivity index (χ0) is 15.0. The van der Waals surface area contributed by atoms with E-state index in [0.29, 0.717) is 12.0 Å². The van der Waals surface area contributed by atoms with Crippen LogP contribution < -0.4 is 5.32 Å². The Labute approximate surface area is 123 Å². The average Bonchev–Trinajstić information content (AvgIpc) is 3.06. The monoisotopic (exact) mass is 294 g/mol. The second-order valence-electron chi connectivity index (χ2n) is 5.88.